The zero-order valence-electron chi connectivity index (χ0n) is 8.60. The van der Waals surface area contributed by atoms with Crippen LogP contribution in [0.1, 0.15) is 10.4 Å². The number of fused-ring (bicyclic) bond motifs is 1. The van der Waals surface area contributed by atoms with Crippen LogP contribution in [0.3, 0.4) is 0 Å². The number of rotatable bonds is 1. The second-order valence-corrected chi connectivity index (χ2v) is 3.78. The summed E-state index contributed by atoms with van der Waals surface area (Å²) < 4.78 is 0. The molecule has 0 amide bonds. The van der Waals surface area contributed by atoms with Crippen LogP contribution in [-0.2, 0) is 0 Å². The number of nitrogens with zero attached hydrogens (tertiary/aromatic N) is 1. The number of ketones is 1. The van der Waals surface area contributed by atoms with Crippen LogP contribution in [0.25, 0.3) is 11.1 Å². The molecule has 2 heterocycles. The first-order chi connectivity index (χ1) is 7.84. The lowest BCUT2D eigenvalue weighted by molar-refractivity contribution is 0.101. The highest BCUT2D eigenvalue weighted by atomic mass is 16.1. The van der Waals surface area contributed by atoms with Crippen LogP contribution >= 0.6 is 0 Å². The van der Waals surface area contributed by atoms with E-state index in [1.165, 1.54) is 0 Å². The highest BCUT2D eigenvalue weighted by Crippen LogP contribution is 2.27. The average molecular weight is 210 g/mol. The van der Waals surface area contributed by atoms with Crippen LogP contribution in [0.5, 0.6) is 0 Å². The predicted molar refractivity (Wildman–Crippen MR) is 62.5 cm³/mol. The van der Waals surface area contributed by atoms with E-state index >= 15 is 0 Å². The quantitative estimate of drug-likeness (QED) is 0.785. The molecular formula is C13H10N2O. The van der Waals surface area contributed by atoms with Crippen molar-refractivity contribution in [1.29, 1.82) is 0 Å². The van der Waals surface area contributed by atoms with E-state index in [2.05, 4.69) is 10.3 Å². The van der Waals surface area contributed by atoms with Gasteiger partial charge in [0.05, 0.1) is 6.54 Å². The van der Waals surface area contributed by atoms with Crippen LogP contribution in [0.4, 0.5) is 5.69 Å². The van der Waals surface area contributed by atoms with E-state index in [0.29, 0.717) is 6.54 Å². The Labute approximate surface area is 93.1 Å². The summed E-state index contributed by atoms with van der Waals surface area (Å²) in [6, 6.07) is 9.75. The molecule has 0 fully saturated rings. The molecule has 1 aliphatic heterocycles. The number of carbonyl (C=O) groups is 1. The lowest BCUT2D eigenvalue weighted by Gasteiger charge is -2.03. The minimum absolute atomic E-state index is 0.153. The topological polar surface area (TPSA) is 42.0 Å². The lowest BCUT2D eigenvalue weighted by Crippen LogP contribution is -2.00. The maximum absolute atomic E-state index is 11.6. The molecule has 2 aromatic rings. The second-order valence-electron chi connectivity index (χ2n) is 3.78. The second kappa shape index (κ2) is 3.45. The number of hydrogen-bond acceptors (Lipinski definition) is 3. The molecule has 1 aromatic carbocycles. The summed E-state index contributed by atoms with van der Waals surface area (Å²) >= 11 is 0. The molecule has 3 nitrogen and oxygen atoms in total. The Kier molecular flexibility index (Phi) is 1.96. The molecule has 78 valence electrons. The summed E-state index contributed by atoms with van der Waals surface area (Å²) in [4.78, 5) is 15.6. The number of nitrogens with one attached hydrogen (secondary N) is 1. The van der Waals surface area contributed by atoms with Gasteiger partial charge in [-0.1, -0.05) is 12.1 Å². The van der Waals surface area contributed by atoms with Gasteiger partial charge in [0.2, 0.25) is 0 Å². The summed E-state index contributed by atoms with van der Waals surface area (Å²) in [6.45, 7) is 0.409. The molecular weight excluding hydrogens is 200 g/mol. The molecule has 0 bridgehead atoms. The van der Waals surface area contributed by atoms with Gasteiger partial charge in [-0.25, -0.2) is 0 Å². The van der Waals surface area contributed by atoms with Crippen LogP contribution in [0, 0.1) is 0 Å². The number of aromatic nitrogens is 1. The van der Waals surface area contributed by atoms with Crippen molar-refractivity contribution in [3.8, 4) is 11.1 Å². The van der Waals surface area contributed by atoms with Crippen molar-refractivity contribution in [2.45, 2.75) is 0 Å². The van der Waals surface area contributed by atoms with Gasteiger partial charge in [-0.05, 0) is 23.8 Å². The van der Waals surface area contributed by atoms with Crippen molar-refractivity contribution < 1.29 is 4.79 Å². The Morgan fingerprint density at radius 3 is 2.94 bits per heavy atom. The maximum Gasteiger partial charge on any atom is 0.183 e. The molecule has 0 saturated heterocycles. The fourth-order valence-corrected chi connectivity index (χ4v) is 1.91. The highest BCUT2D eigenvalue weighted by Gasteiger charge is 2.18. The highest BCUT2D eigenvalue weighted by molar-refractivity contribution is 6.08. The van der Waals surface area contributed by atoms with Crippen molar-refractivity contribution in [3.05, 3.63) is 48.3 Å². The molecule has 0 spiro atoms. The van der Waals surface area contributed by atoms with Crippen molar-refractivity contribution in [3.63, 3.8) is 0 Å². The van der Waals surface area contributed by atoms with Gasteiger partial charge in [0.25, 0.3) is 0 Å². The minimum Gasteiger partial charge on any atom is -0.377 e. The summed E-state index contributed by atoms with van der Waals surface area (Å²) in [6.07, 6.45) is 3.54. The average Bonchev–Trinajstić information content (AvgIpc) is 2.72. The van der Waals surface area contributed by atoms with Gasteiger partial charge in [0, 0.05) is 29.2 Å². The van der Waals surface area contributed by atoms with E-state index in [4.69, 9.17) is 0 Å². The first kappa shape index (κ1) is 9.09. The minimum atomic E-state index is 0.153. The van der Waals surface area contributed by atoms with E-state index < -0.39 is 0 Å². The molecule has 0 unspecified atom stereocenters. The third-order valence-electron chi connectivity index (χ3n) is 2.75. The lowest BCUT2D eigenvalue weighted by atomic mass is 10.0. The van der Waals surface area contributed by atoms with Crippen molar-refractivity contribution in [2.75, 3.05) is 11.9 Å². The molecule has 16 heavy (non-hydrogen) atoms. The Morgan fingerprint density at radius 1 is 1.19 bits per heavy atom. The number of anilines is 1. The van der Waals surface area contributed by atoms with E-state index in [1.807, 2.05) is 30.3 Å². The smallest absolute Gasteiger partial charge is 0.183 e. The SMILES string of the molecule is O=C1CNc2ccc(-c3cccnc3)cc21. The van der Waals surface area contributed by atoms with Crippen LogP contribution in [0.2, 0.25) is 0 Å². The van der Waals surface area contributed by atoms with Crippen LogP contribution in [-0.4, -0.2) is 17.3 Å². The van der Waals surface area contributed by atoms with Gasteiger partial charge >= 0.3 is 0 Å². The number of Topliss-reactive ketones (excluding diaryl/α,β-unsaturated/α-hetero) is 1. The molecule has 1 aliphatic rings. The first-order valence-corrected chi connectivity index (χ1v) is 5.16. The summed E-state index contributed by atoms with van der Waals surface area (Å²) in [7, 11) is 0. The Bertz CT molecular complexity index is 549. The molecule has 1 aromatic heterocycles. The largest absolute Gasteiger partial charge is 0.377 e. The Hall–Kier alpha value is -2.16. The first-order valence-electron chi connectivity index (χ1n) is 5.16. The van der Waals surface area contributed by atoms with Crippen LogP contribution in [0.15, 0.2) is 42.7 Å². The monoisotopic (exact) mass is 210 g/mol. The predicted octanol–water partition coefficient (Wildman–Crippen LogP) is 2.36. The summed E-state index contributed by atoms with van der Waals surface area (Å²) in [5, 5.41) is 3.06. The number of carbonyl (C=O) groups excluding carboxylic acids is 1. The number of hydrogen-bond donors (Lipinski definition) is 1. The summed E-state index contributed by atoms with van der Waals surface area (Å²) in [5.41, 5.74) is 3.77. The Morgan fingerprint density at radius 2 is 2.12 bits per heavy atom. The zero-order valence-corrected chi connectivity index (χ0v) is 8.60. The Balaban J connectivity index is 2.11. The van der Waals surface area contributed by atoms with Crippen molar-refractivity contribution >= 4 is 11.5 Å². The van der Waals surface area contributed by atoms with E-state index in [9.17, 15) is 4.79 Å². The standard InChI is InChI=1S/C13H10N2O/c16-13-8-15-12-4-3-9(6-11(12)13)10-2-1-5-14-7-10/h1-7,15H,8H2. The fraction of sp³-hybridized carbons (Fsp3) is 0.0769. The molecule has 0 radical (unpaired) electrons. The fourth-order valence-electron chi connectivity index (χ4n) is 1.91. The third-order valence-corrected chi connectivity index (χ3v) is 2.75. The van der Waals surface area contributed by atoms with Gasteiger partial charge in [-0.3, -0.25) is 9.78 Å². The molecule has 0 saturated carbocycles. The van der Waals surface area contributed by atoms with Gasteiger partial charge in [-0.2, -0.15) is 0 Å². The van der Waals surface area contributed by atoms with Crippen molar-refractivity contribution in [1.82, 2.24) is 4.98 Å². The van der Waals surface area contributed by atoms with Gasteiger partial charge in [0.1, 0.15) is 0 Å². The van der Waals surface area contributed by atoms with Gasteiger partial charge < -0.3 is 5.32 Å². The maximum atomic E-state index is 11.6. The normalized spacial score (nSPS) is 13.4. The van der Waals surface area contributed by atoms with Gasteiger partial charge in [-0.15, -0.1) is 0 Å². The molecule has 0 aliphatic carbocycles. The third kappa shape index (κ3) is 1.37. The molecule has 0 atom stereocenters. The molecule has 3 rings (SSSR count). The number of benzene rings is 1. The van der Waals surface area contributed by atoms with E-state index in [0.717, 1.165) is 22.4 Å². The van der Waals surface area contributed by atoms with E-state index in [-0.39, 0.29) is 5.78 Å². The summed E-state index contributed by atoms with van der Waals surface area (Å²) in [5.74, 6) is 0.153. The van der Waals surface area contributed by atoms with Gasteiger partial charge in [0.15, 0.2) is 5.78 Å². The molecule has 3 heteroatoms. The molecule has 1 N–H and O–H groups in total. The number of pyridine rings is 1. The van der Waals surface area contributed by atoms with Crippen LogP contribution < -0.4 is 5.32 Å². The van der Waals surface area contributed by atoms with E-state index in [1.54, 1.807) is 12.4 Å². The zero-order chi connectivity index (χ0) is 11.0. The van der Waals surface area contributed by atoms with Crippen molar-refractivity contribution in [2.24, 2.45) is 0 Å².